The van der Waals surface area contributed by atoms with Crippen LogP contribution >= 0.6 is 0 Å². The van der Waals surface area contributed by atoms with Crippen LogP contribution in [0, 0.1) is 5.92 Å². The molecule has 1 atom stereocenters. The molecule has 1 saturated heterocycles. The molecule has 2 aromatic carbocycles. The Hall–Kier alpha value is -3.68. The number of carbonyl (C=O) groups is 4. The second-order valence-corrected chi connectivity index (χ2v) is 8.67. The number of piperidine rings is 1. The van der Waals surface area contributed by atoms with Crippen molar-refractivity contribution in [3.63, 3.8) is 0 Å². The number of carboxylic acids is 1. The lowest BCUT2D eigenvalue weighted by Crippen LogP contribution is -2.48. The SMILES string of the molecule is CC(C(=O)N(C)Cc1cccc(N2CCC(C(=O)O)CC2)c1)N1C(=O)c2ccccc2C1=O. The lowest BCUT2D eigenvalue weighted by Gasteiger charge is -2.32. The molecule has 0 aliphatic carbocycles. The van der Waals surface area contributed by atoms with Crippen molar-refractivity contribution in [3.05, 3.63) is 65.2 Å². The molecule has 33 heavy (non-hydrogen) atoms. The lowest BCUT2D eigenvalue weighted by molar-refractivity contribution is -0.142. The van der Waals surface area contributed by atoms with E-state index < -0.39 is 23.8 Å². The minimum absolute atomic E-state index is 0.295. The maximum absolute atomic E-state index is 13.1. The predicted octanol–water partition coefficient (Wildman–Crippen LogP) is 2.63. The number of carbonyl (C=O) groups excluding carboxylic acids is 3. The number of amides is 3. The number of aliphatic carboxylic acids is 1. The highest BCUT2D eigenvalue weighted by atomic mass is 16.4. The fourth-order valence-electron chi connectivity index (χ4n) is 4.58. The second-order valence-electron chi connectivity index (χ2n) is 8.67. The number of hydrogen-bond acceptors (Lipinski definition) is 5. The van der Waals surface area contributed by atoms with Crippen LogP contribution in [0.3, 0.4) is 0 Å². The molecule has 0 spiro atoms. The summed E-state index contributed by atoms with van der Waals surface area (Å²) in [5.74, 6) is -2.25. The number of fused-ring (bicyclic) bond motifs is 1. The topological polar surface area (TPSA) is 98.2 Å². The molecule has 0 aromatic heterocycles. The van der Waals surface area contributed by atoms with E-state index in [1.807, 2.05) is 24.3 Å². The standard InChI is InChI=1S/C25H27N3O5/c1-16(28-23(30)20-8-3-4-9-21(20)24(28)31)22(29)26(2)15-17-6-5-7-19(14-17)27-12-10-18(11-13-27)25(32)33/h3-9,14,16,18H,10-13,15H2,1-2H3,(H,32,33). The largest absolute Gasteiger partial charge is 0.481 e. The van der Waals surface area contributed by atoms with Crippen LogP contribution in [0.15, 0.2) is 48.5 Å². The third kappa shape index (κ3) is 4.33. The molecule has 2 aliphatic heterocycles. The van der Waals surface area contributed by atoms with Crippen molar-refractivity contribution in [1.82, 2.24) is 9.80 Å². The van der Waals surface area contributed by atoms with E-state index in [0.29, 0.717) is 43.6 Å². The van der Waals surface area contributed by atoms with Gasteiger partial charge in [-0.1, -0.05) is 24.3 Å². The maximum Gasteiger partial charge on any atom is 0.306 e. The van der Waals surface area contributed by atoms with E-state index in [0.717, 1.165) is 16.2 Å². The van der Waals surface area contributed by atoms with Crippen LogP contribution in [-0.2, 0) is 16.1 Å². The van der Waals surface area contributed by atoms with Crippen LogP contribution in [-0.4, -0.2) is 64.8 Å². The fraction of sp³-hybridized carbons (Fsp3) is 0.360. The van der Waals surface area contributed by atoms with Crippen LogP contribution in [0.5, 0.6) is 0 Å². The van der Waals surface area contributed by atoms with E-state index in [2.05, 4.69) is 4.90 Å². The summed E-state index contributed by atoms with van der Waals surface area (Å²) < 4.78 is 0. The zero-order valence-corrected chi connectivity index (χ0v) is 18.7. The Morgan fingerprint density at radius 2 is 1.64 bits per heavy atom. The molecule has 8 nitrogen and oxygen atoms in total. The lowest BCUT2D eigenvalue weighted by atomic mass is 9.96. The summed E-state index contributed by atoms with van der Waals surface area (Å²) in [5.41, 5.74) is 2.55. The molecule has 0 saturated carbocycles. The Morgan fingerprint density at radius 3 is 2.21 bits per heavy atom. The van der Waals surface area contributed by atoms with E-state index in [1.54, 1.807) is 38.2 Å². The second kappa shape index (κ2) is 9.05. The number of carboxylic acid groups (broad SMARTS) is 1. The van der Waals surface area contributed by atoms with E-state index in [4.69, 9.17) is 0 Å². The highest BCUT2D eigenvalue weighted by molar-refractivity contribution is 6.22. The van der Waals surface area contributed by atoms with Gasteiger partial charge >= 0.3 is 5.97 Å². The van der Waals surface area contributed by atoms with Crippen molar-refractivity contribution in [2.24, 2.45) is 5.92 Å². The summed E-state index contributed by atoms with van der Waals surface area (Å²) in [4.78, 5) is 54.4. The molecule has 2 aliphatic rings. The van der Waals surface area contributed by atoms with Crippen LogP contribution in [0.1, 0.15) is 46.0 Å². The average molecular weight is 450 g/mol. The quantitative estimate of drug-likeness (QED) is 0.681. The Bertz CT molecular complexity index is 1070. The van der Waals surface area contributed by atoms with Crippen molar-refractivity contribution >= 4 is 29.4 Å². The van der Waals surface area contributed by atoms with Crippen LogP contribution < -0.4 is 4.90 Å². The summed E-state index contributed by atoms with van der Waals surface area (Å²) >= 11 is 0. The smallest absolute Gasteiger partial charge is 0.306 e. The third-order valence-electron chi connectivity index (χ3n) is 6.49. The van der Waals surface area contributed by atoms with Gasteiger partial charge in [0.2, 0.25) is 5.91 Å². The molecule has 1 N–H and O–H groups in total. The van der Waals surface area contributed by atoms with Crippen molar-refractivity contribution in [2.45, 2.75) is 32.4 Å². The van der Waals surface area contributed by atoms with Gasteiger partial charge < -0.3 is 14.9 Å². The van der Waals surface area contributed by atoms with Gasteiger partial charge in [-0.15, -0.1) is 0 Å². The average Bonchev–Trinajstić information content (AvgIpc) is 3.08. The fourth-order valence-corrected chi connectivity index (χ4v) is 4.58. The van der Waals surface area contributed by atoms with Gasteiger partial charge in [0.15, 0.2) is 0 Å². The summed E-state index contributed by atoms with van der Waals surface area (Å²) in [7, 11) is 1.65. The van der Waals surface area contributed by atoms with Crippen molar-refractivity contribution in [2.75, 3.05) is 25.0 Å². The van der Waals surface area contributed by atoms with Gasteiger partial charge in [-0.2, -0.15) is 0 Å². The van der Waals surface area contributed by atoms with E-state index in [1.165, 1.54) is 4.90 Å². The zero-order valence-electron chi connectivity index (χ0n) is 18.7. The number of anilines is 1. The Balaban J connectivity index is 1.41. The number of rotatable bonds is 6. The first kappa shape index (κ1) is 22.5. The first-order valence-electron chi connectivity index (χ1n) is 11.1. The first-order valence-corrected chi connectivity index (χ1v) is 11.1. The molecule has 1 unspecified atom stereocenters. The van der Waals surface area contributed by atoms with Crippen molar-refractivity contribution in [1.29, 1.82) is 0 Å². The van der Waals surface area contributed by atoms with Gasteiger partial charge in [0.25, 0.3) is 11.8 Å². The minimum atomic E-state index is -0.916. The number of likely N-dealkylation sites (N-methyl/N-ethyl adjacent to an activating group) is 1. The monoisotopic (exact) mass is 449 g/mol. The summed E-state index contributed by atoms with van der Waals surface area (Å²) in [5, 5.41) is 9.20. The van der Waals surface area contributed by atoms with Crippen LogP contribution in [0.25, 0.3) is 0 Å². The minimum Gasteiger partial charge on any atom is -0.481 e. The van der Waals surface area contributed by atoms with Crippen molar-refractivity contribution < 1.29 is 24.3 Å². The van der Waals surface area contributed by atoms with Gasteiger partial charge in [-0.05, 0) is 49.6 Å². The predicted molar refractivity (Wildman–Crippen MR) is 122 cm³/mol. The molecule has 172 valence electrons. The summed E-state index contributed by atoms with van der Waals surface area (Å²) in [6.07, 6.45) is 1.21. The maximum atomic E-state index is 13.1. The highest BCUT2D eigenvalue weighted by Crippen LogP contribution is 2.26. The number of hydrogen-bond donors (Lipinski definition) is 1. The normalized spacial score (nSPS) is 17.2. The molecule has 8 heteroatoms. The molecule has 0 bridgehead atoms. The zero-order chi connectivity index (χ0) is 23.7. The number of nitrogens with zero attached hydrogens (tertiary/aromatic N) is 3. The Morgan fingerprint density at radius 1 is 1.03 bits per heavy atom. The van der Waals surface area contributed by atoms with Crippen molar-refractivity contribution in [3.8, 4) is 0 Å². The van der Waals surface area contributed by atoms with Gasteiger partial charge in [0.1, 0.15) is 6.04 Å². The molecule has 1 fully saturated rings. The van der Waals surface area contributed by atoms with Gasteiger partial charge in [-0.3, -0.25) is 24.1 Å². The first-order chi connectivity index (χ1) is 15.8. The summed E-state index contributed by atoms with van der Waals surface area (Å²) in [6, 6.07) is 13.5. The molecule has 4 rings (SSSR count). The molecule has 0 radical (unpaired) electrons. The number of imide groups is 1. The van der Waals surface area contributed by atoms with Gasteiger partial charge in [0.05, 0.1) is 17.0 Å². The molecule has 3 amide bonds. The number of benzene rings is 2. The molecular weight excluding hydrogens is 422 g/mol. The van der Waals surface area contributed by atoms with Gasteiger partial charge in [-0.25, -0.2) is 0 Å². The van der Waals surface area contributed by atoms with Gasteiger partial charge in [0, 0.05) is 32.4 Å². The van der Waals surface area contributed by atoms with E-state index in [-0.39, 0.29) is 11.8 Å². The molecular formula is C25H27N3O5. The Kier molecular flexibility index (Phi) is 6.18. The molecule has 2 heterocycles. The summed E-state index contributed by atoms with van der Waals surface area (Å²) in [6.45, 7) is 3.24. The van der Waals surface area contributed by atoms with E-state index in [9.17, 15) is 24.3 Å². The van der Waals surface area contributed by atoms with E-state index >= 15 is 0 Å². The molecule has 2 aromatic rings. The Labute approximate surface area is 192 Å². The van der Waals surface area contributed by atoms with Crippen LogP contribution in [0.4, 0.5) is 5.69 Å². The van der Waals surface area contributed by atoms with Crippen LogP contribution in [0.2, 0.25) is 0 Å². The highest BCUT2D eigenvalue weighted by Gasteiger charge is 2.41. The third-order valence-corrected chi connectivity index (χ3v) is 6.49.